The lowest BCUT2D eigenvalue weighted by Crippen LogP contribution is -2.49. The van der Waals surface area contributed by atoms with Gasteiger partial charge in [0.05, 0.1) is 24.2 Å². The molecule has 39 heavy (non-hydrogen) atoms. The van der Waals surface area contributed by atoms with Crippen molar-refractivity contribution < 1.29 is 27.0 Å². The van der Waals surface area contributed by atoms with Crippen molar-refractivity contribution in [2.24, 2.45) is 5.41 Å². The van der Waals surface area contributed by atoms with Crippen molar-refractivity contribution >= 4 is 15.7 Å². The monoisotopic (exact) mass is 560 g/mol. The fourth-order valence-corrected chi connectivity index (χ4v) is 6.06. The van der Waals surface area contributed by atoms with E-state index in [9.17, 15) is 27.1 Å². The largest absolute Gasteiger partial charge is 0.508 e. The molecule has 1 aromatic heterocycles. The molecule has 1 aliphatic carbocycles. The first-order valence-corrected chi connectivity index (χ1v) is 14.3. The van der Waals surface area contributed by atoms with Crippen molar-refractivity contribution in [2.45, 2.75) is 32.4 Å². The first kappa shape index (κ1) is 27.1. The molecule has 0 atom stereocenters. The van der Waals surface area contributed by atoms with E-state index >= 15 is 0 Å². The van der Waals surface area contributed by atoms with Crippen LogP contribution in [0.15, 0.2) is 47.4 Å². The van der Waals surface area contributed by atoms with Gasteiger partial charge in [0.1, 0.15) is 23.1 Å². The van der Waals surface area contributed by atoms with Crippen LogP contribution in [0.1, 0.15) is 30.9 Å². The summed E-state index contributed by atoms with van der Waals surface area (Å²) >= 11 is 0. The Hall–Kier alpha value is -3.51. The first-order valence-electron chi connectivity index (χ1n) is 12.7. The smallest absolute Gasteiger partial charge is 0.316 e. The quantitative estimate of drug-likeness (QED) is 0.451. The summed E-state index contributed by atoms with van der Waals surface area (Å²) in [6.45, 7) is 5.02. The van der Waals surface area contributed by atoms with Crippen molar-refractivity contribution in [3.05, 3.63) is 75.7 Å². The number of benzene rings is 2. The molecule has 9 nitrogen and oxygen atoms in total. The minimum Gasteiger partial charge on any atom is -0.508 e. The average molecular weight is 561 g/mol. The topological polar surface area (TPSA) is 105 Å². The van der Waals surface area contributed by atoms with E-state index in [-0.39, 0.29) is 41.4 Å². The number of aryl methyl sites for hydroxylation is 1. The minimum atomic E-state index is -3.62. The molecule has 1 aliphatic heterocycles. The second-order valence-electron chi connectivity index (χ2n) is 10.6. The van der Waals surface area contributed by atoms with E-state index < -0.39 is 27.2 Å². The normalized spacial score (nSPS) is 17.3. The average Bonchev–Trinajstić information content (AvgIpc) is 3.62. The third kappa shape index (κ3) is 5.91. The highest BCUT2D eigenvalue weighted by molar-refractivity contribution is 7.88. The third-order valence-electron chi connectivity index (χ3n) is 7.26. The van der Waals surface area contributed by atoms with Crippen LogP contribution in [0.3, 0.4) is 0 Å². The van der Waals surface area contributed by atoms with Crippen LogP contribution in [0, 0.1) is 24.0 Å². The number of phenols is 1. The molecule has 1 saturated carbocycles. The lowest BCUT2D eigenvalue weighted by Gasteiger charge is -2.35. The predicted octanol–water partition coefficient (Wildman–Crippen LogP) is 3.36. The Morgan fingerprint density at radius 2 is 1.72 bits per heavy atom. The van der Waals surface area contributed by atoms with Gasteiger partial charge in [0.2, 0.25) is 15.8 Å². The van der Waals surface area contributed by atoms with Gasteiger partial charge in [0.25, 0.3) is 0 Å². The summed E-state index contributed by atoms with van der Waals surface area (Å²) in [6, 6.07) is 7.47. The maximum atomic E-state index is 13.8. The van der Waals surface area contributed by atoms with E-state index in [4.69, 9.17) is 4.74 Å². The number of hydrogen-bond donors (Lipinski definition) is 1. The Bertz CT molecular complexity index is 1540. The number of piperazine rings is 1. The van der Waals surface area contributed by atoms with Crippen LogP contribution in [0.25, 0.3) is 5.69 Å². The number of nitrogens with zero attached hydrogens (tertiary/aromatic N) is 4. The first-order chi connectivity index (χ1) is 18.4. The van der Waals surface area contributed by atoms with Crippen molar-refractivity contribution in [3.63, 3.8) is 0 Å². The maximum absolute atomic E-state index is 13.8. The van der Waals surface area contributed by atoms with E-state index in [2.05, 4.69) is 5.10 Å². The zero-order valence-electron chi connectivity index (χ0n) is 21.7. The molecule has 1 N–H and O–H groups in total. The summed E-state index contributed by atoms with van der Waals surface area (Å²) < 4.78 is 62.2. The van der Waals surface area contributed by atoms with Crippen LogP contribution < -0.4 is 15.2 Å². The highest BCUT2D eigenvalue weighted by atomic mass is 32.2. The van der Waals surface area contributed by atoms with Gasteiger partial charge in [0, 0.05) is 37.7 Å². The van der Waals surface area contributed by atoms with E-state index in [1.54, 1.807) is 19.1 Å². The SMILES string of the molecule is Cc1cc(CS(=O)(=O)N2CCN(c3cnn(-c4cc(F)cc(F)c4)c(=O)c3OCC3(C)CC3)CC2)ccc1O. The number of rotatable bonds is 8. The molecule has 5 rings (SSSR count). The maximum Gasteiger partial charge on any atom is 0.316 e. The van der Waals surface area contributed by atoms with Crippen molar-refractivity contribution in [1.29, 1.82) is 0 Å². The van der Waals surface area contributed by atoms with Crippen LogP contribution in [0.4, 0.5) is 14.5 Å². The van der Waals surface area contributed by atoms with Gasteiger partial charge in [-0.3, -0.25) is 4.79 Å². The lowest BCUT2D eigenvalue weighted by atomic mass is 10.1. The van der Waals surface area contributed by atoms with Gasteiger partial charge in [-0.1, -0.05) is 19.1 Å². The summed E-state index contributed by atoms with van der Waals surface area (Å²) in [5, 5.41) is 13.9. The predicted molar refractivity (Wildman–Crippen MR) is 142 cm³/mol. The third-order valence-corrected chi connectivity index (χ3v) is 9.11. The second-order valence-corrected chi connectivity index (χ2v) is 12.5. The molecule has 0 amide bonds. The number of phenolic OH excluding ortho intramolecular Hbond substituents is 1. The van der Waals surface area contributed by atoms with Gasteiger partial charge >= 0.3 is 5.56 Å². The molecular formula is C27H30F2N4O5S. The molecule has 12 heteroatoms. The zero-order valence-corrected chi connectivity index (χ0v) is 22.5. The van der Waals surface area contributed by atoms with Crippen molar-refractivity contribution in [1.82, 2.24) is 14.1 Å². The van der Waals surface area contributed by atoms with Gasteiger partial charge in [-0.15, -0.1) is 0 Å². The molecule has 0 radical (unpaired) electrons. The summed E-state index contributed by atoms with van der Waals surface area (Å²) in [4.78, 5) is 15.3. The minimum absolute atomic E-state index is 0.0127. The van der Waals surface area contributed by atoms with Gasteiger partial charge in [0.15, 0.2) is 0 Å². The summed E-state index contributed by atoms with van der Waals surface area (Å²) in [5.74, 6) is -1.75. The number of aromatic nitrogens is 2. The standard InChI is InChI=1S/C27H30F2N4O5S/c1-18-11-19(3-4-24(18)34)16-39(36,37)32-9-7-31(8-10-32)23-15-30-33(22-13-20(28)12-21(29)14-22)26(35)25(23)38-17-27(2)5-6-27/h3-4,11-15,34H,5-10,16-17H2,1-2H3. The zero-order chi connectivity index (χ0) is 27.9. The van der Waals surface area contributed by atoms with Crippen LogP contribution in [-0.2, 0) is 15.8 Å². The lowest BCUT2D eigenvalue weighted by molar-refractivity contribution is 0.242. The fourth-order valence-electron chi connectivity index (χ4n) is 4.56. The number of anilines is 1. The fraction of sp³-hybridized carbons (Fsp3) is 0.407. The summed E-state index contributed by atoms with van der Waals surface area (Å²) in [7, 11) is -3.62. The molecule has 2 aliphatic rings. The Labute approximate surface area is 225 Å². The van der Waals surface area contributed by atoms with Gasteiger partial charge in [-0.2, -0.15) is 14.1 Å². The summed E-state index contributed by atoms with van der Waals surface area (Å²) in [6.07, 6.45) is 3.35. The molecule has 2 heterocycles. The number of aromatic hydroxyl groups is 1. The van der Waals surface area contributed by atoms with E-state index in [1.807, 2.05) is 11.8 Å². The van der Waals surface area contributed by atoms with E-state index in [0.717, 1.165) is 29.7 Å². The Balaban J connectivity index is 1.37. The van der Waals surface area contributed by atoms with Gasteiger partial charge in [-0.05, 0) is 49.1 Å². The summed E-state index contributed by atoms with van der Waals surface area (Å²) in [5.41, 5.74) is 0.833. The molecule has 2 fully saturated rings. The molecular weight excluding hydrogens is 530 g/mol. The molecule has 0 bridgehead atoms. The number of halogens is 2. The number of hydrogen-bond acceptors (Lipinski definition) is 7. The molecule has 0 unspecified atom stereocenters. The molecule has 0 spiro atoms. The number of ether oxygens (including phenoxy) is 1. The molecule has 2 aromatic carbocycles. The van der Waals surface area contributed by atoms with Crippen LogP contribution >= 0.6 is 0 Å². The van der Waals surface area contributed by atoms with Crippen LogP contribution in [-0.4, -0.2) is 60.4 Å². The highest BCUT2D eigenvalue weighted by Crippen LogP contribution is 2.45. The van der Waals surface area contributed by atoms with E-state index in [0.29, 0.717) is 42.6 Å². The number of sulfonamides is 1. The Kier molecular flexibility index (Phi) is 7.10. The molecule has 208 valence electrons. The van der Waals surface area contributed by atoms with Crippen LogP contribution in [0.5, 0.6) is 11.5 Å². The Morgan fingerprint density at radius 1 is 1.05 bits per heavy atom. The second kappa shape index (κ2) is 10.2. The molecule has 1 saturated heterocycles. The molecule has 3 aromatic rings. The van der Waals surface area contributed by atoms with E-state index in [1.165, 1.54) is 16.6 Å². The van der Waals surface area contributed by atoms with Crippen LogP contribution in [0.2, 0.25) is 0 Å². The highest BCUT2D eigenvalue weighted by Gasteiger charge is 2.39. The van der Waals surface area contributed by atoms with Crippen molar-refractivity contribution in [2.75, 3.05) is 37.7 Å². The van der Waals surface area contributed by atoms with Gasteiger partial charge < -0.3 is 14.7 Å². The van der Waals surface area contributed by atoms with Crippen molar-refractivity contribution in [3.8, 4) is 17.2 Å². The Morgan fingerprint density at radius 3 is 2.33 bits per heavy atom. The van der Waals surface area contributed by atoms with Gasteiger partial charge in [-0.25, -0.2) is 17.2 Å².